The van der Waals surface area contributed by atoms with Crippen LogP contribution in [0.1, 0.15) is 23.0 Å². The van der Waals surface area contributed by atoms with Gasteiger partial charge in [0.2, 0.25) is 0 Å². The van der Waals surface area contributed by atoms with Gasteiger partial charge in [-0.2, -0.15) is 0 Å². The number of fused-ring (bicyclic) bond motifs is 1. The summed E-state index contributed by atoms with van der Waals surface area (Å²) in [6, 6.07) is 7.42. The van der Waals surface area contributed by atoms with Crippen LogP contribution in [-0.4, -0.2) is 32.1 Å². The first kappa shape index (κ1) is 16.8. The minimum atomic E-state index is -0.472. The van der Waals surface area contributed by atoms with Crippen LogP contribution in [-0.2, 0) is 20.9 Å². The summed E-state index contributed by atoms with van der Waals surface area (Å²) in [5.74, 6) is -0.600. The van der Waals surface area contributed by atoms with Crippen LogP contribution in [0.15, 0.2) is 40.8 Å². The number of carbonyl (C=O) groups excluding carboxylic acids is 2. The minimum absolute atomic E-state index is 0.194. The molecular formula is C17H19NO5. The molecule has 6 nitrogen and oxygen atoms in total. The Morgan fingerprint density at radius 3 is 2.83 bits per heavy atom. The maximum absolute atomic E-state index is 12.3. The van der Waals surface area contributed by atoms with Gasteiger partial charge in [0.25, 0.3) is 5.91 Å². The molecule has 0 aliphatic rings. The van der Waals surface area contributed by atoms with Crippen LogP contribution >= 0.6 is 0 Å². The smallest absolute Gasteiger partial charge is 0.330 e. The molecule has 122 valence electrons. The van der Waals surface area contributed by atoms with Gasteiger partial charge in [0.1, 0.15) is 5.58 Å². The summed E-state index contributed by atoms with van der Waals surface area (Å²) in [5.41, 5.74) is 1.36. The third-order valence-corrected chi connectivity index (χ3v) is 3.19. The molecule has 1 aromatic carbocycles. The van der Waals surface area contributed by atoms with Gasteiger partial charge in [0, 0.05) is 30.2 Å². The SMILES string of the molecule is CCOCc1c(C(=O)NC/C=C/C(=O)OC)oc2ccccc12. The Morgan fingerprint density at radius 2 is 2.09 bits per heavy atom. The van der Waals surface area contributed by atoms with Crippen LogP contribution in [0.3, 0.4) is 0 Å². The second kappa shape index (κ2) is 8.14. The minimum Gasteiger partial charge on any atom is -0.466 e. The van der Waals surface area contributed by atoms with E-state index in [1.807, 2.05) is 25.1 Å². The number of methoxy groups -OCH3 is 1. The van der Waals surface area contributed by atoms with E-state index in [4.69, 9.17) is 9.15 Å². The van der Waals surface area contributed by atoms with Crippen LogP contribution in [0, 0.1) is 0 Å². The fraction of sp³-hybridized carbons (Fsp3) is 0.294. The van der Waals surface area contributed by atoms with E-state index in [0.29, 0.717) is 18.8 Å². The number of hydrogen-bond donors (Lipinski definition) is 1. The molecule has 1 amide bonds. The van der Waals surface area contributed by atoms with Gasteiger partial charge < -0.3 is 19.2 Å². The molecule has 2 rings (SSSR count). The largest absolute Gasteiger partial charge is 0.466 e. The van der Waals surface area contributed by atoms with Crippen molar-refractivity contribution in [1.29, 1.82) is 0 Å². The van der Waals surface area contributed by atoms with E-state index in [0.717, 1.165) is 10.9 Å². The lowest BCUT2D eigenvalue weighted by Crippen LogP contribution is -2.24. The molecule has 1 heterocycles. The topological polar surface area (TPSA) is 77.8 Å². The molecule has 0 spiro atoms. The third-order valence-electron chi connectivity index (χ3n) is 3.19. The predicted octanol–water partition coefficient (Wildman–Crippen LogP) is 2.43. The van der Waals surface area contributed by atoms with Crippen molar-refractivity contribution in [1.82, 2.24) is 5.32 Å². The number of rotatable bonds is 7. The first-order valence-corrected chi connectivity index (χ1v) is 7.28. The van der Waals surface area contributed by atoms with E-state index in [9.17, 15) is 9.59 Å². The zero-order valence-corrected chi connectivity index (χ0v) is 13.1. The maximum Gasteiger partial charge on any atom is 0.330 e. The summed E-state index contributed by atoms with van der Waals surface area (Å²) in [4.78, 5) is 23.3. The molecule has 1 N–H and O–H groups in total. The fourth-order valence-electron chi connectivity index (χ4n) is 2.08. The number of ether oxygens (including phenoxy) is 2. The van der Waals surface area contributed by atoms with Crippen molar-refractivity contribution >= 4 is 22.8 Å². The van der Waals surface area contributed by atoms with Gasteiger partial charge in [-0.1, -0.05) is 24.3 Å². The van der Waals surface area contributed by atoms with Gasteiger partial charge >= 0.3 is 5.97 Å². The second-order valence-electron chi connectivity index (χ2n) is 4.68. The van der Waals surface area contributed by atoms with Gasteiger partial charge in [-0.25, -0.2) is 4.79 Å². The van der Waals surface area contributed by atoms with Crippen LogP contribution in [0.25, 0.3) is 11.0 Å². The quantitative estimate of drug-likeness (QED) is 0.627. The predicted molar refractivity (Wildman–Crippen MR) is 85.0 cm³/mol. The zero-order valence-electron chi connectivity index (χ0n) is 13.1. The van der Waals surface area contributed by atoms with E-state index in [2.05, 4.69) is 10.1 Å². The highest BCUT2D eigenvalue weighted by atomic mass is 16.5. The number of hydrogen-bond acceptors (Lipinski definition) is 5. The summed E-state index contributed by atoms with van der Waals surface area (Å²) in [7, 11) is 1.29. The number of furan rings is 1. The highest BCUT2D eigenvalue weighted by Gasteiger charge is 2.19. The maximum atomic E-state index is 12.3. The number of benzene rings is 1. The van der Waals surface area contributed by atoms with Crippen molar-refractivity contribution in [3.05, 3.63) is 47.7 Å². The molecule has 0 saturated heterocycles. The fourth-order valence-corrected chi connectivity index (χ4v) is 2.08. The lowest BCUT2D eigenvalue weighted by Gasteiger charge is -2.04. The molecule has 2 aromatic rings. The molecule has 0 aliphatic carbocycles. The number of nitrogens with one attached hydrogen (secondary N) is 1. The van der Waals surface area contributed by atoms with Gasteiger partial charge in [-0.3, -0.25) is 4.79 Å². The molecule has 0 unspecified atom stereocenters. The third kappa shape index (κ3) is 4.20. The Hall–Kier alpha value is -2.60. The van der Waals surface area contributed by atoms with Gasteiger partial charge in [0.05, 0.1) is 13.7 Å². The van der Waals surface area contributed by atoms with Gasteiger partial charge in [0.15, 0.2) is 5.76 Å². The number of esters is 1. The van der Waals surface area contributed by atoms with Crippen LogP contribution in [0.2, 0.25) is 0 Å². The standard InChI is InChI=1S/C17H19NO5/c1-3-22-11-13-12-7-4-5-8-14(12)23-16(13)17(20)18-10-6-9-15(19)21-2/h4-9H,3,10-11H2,1-2H3,(H,18,20)/b9-6+. The van der Waals surface area contributed by atoms with Crippen LogP contribution in [0.5, 0.6) is 0 Å². The lowest BCUT2D eigenvalue weighted by atomic mass is 10.1. The average molecular weight is 317 g/mol. The summed E-state index contributed by atoms with van der Waals surface area (Å²) in [6.07, 6.45) is 2.76. The number of para-hydroxylation sites is 1. The van der Waals surface area contributed by atoms with E-state index >= 15 is 0 Å². The average Bonchev–Trinajstić information content (AvgIpc) is 2.95. The van der Waals surface area contributed by atoms with E-state index in [1.165, 1.54) is 19.3 Å². The molecule has 0 fully saturated rings. The summed E-state index contributed by atoms with van der Waals surface area (Å²) in [6.45, 7) is 2.93. The van der Waals surface area contributed by atoms with Crippen molar-refractivity contribution in [2.75, 3.05) is 20.3 Å². The number of amides is 1. The molecule has 1 aromatic heterocycles. The molecule has 0 bridgehead atoms. The summed E-state index contributed by atoms with van der Waals surface area (Å²) >= 11 is 0. The molecule has 0 radical (unpaired) electrons. The molecule has 0 atom stereocenters. The first-order chi connectivity index (χ1) is 11.2. The van der Waals surface area contributed by atoms with Crippen molar-refractivity contribution in [3.63, 3.8) is 0 Å². The highest BCUT2D eigenvalue weighted by Crippen LogP contribution is 2.26. The lowest BCUT2D eigenvalue weighted by molar-refractivity contribution is -0.134. The zero-order chi connectivity index (χ0) is 16.7. The van der Waals surface area contributed by atoms with E-state index in [1.54, 1.807) is 6.07 Å². The highest BCUT2D eigenvalue weighted by molar-refractivity contribution is 5.99. The molecule has 23 heavy (non-hydrogen) atoms. The second-order valence-corrected chi connectivity index (χ2v) is 4.68. The van der Waals surface area contributed by atoms with Crippen LogP contribution < -0.4 is 5.32 Å². The summed E-state index contributed by atoms with van der Waals surface area (Å²) < 4.78 is 15.6. The molecule has 0 saturated carbocycles. The first-order valence-electron chi connectivity index (χ1n) is 7.28. The van der Waals surface area contributed by atoms with E-state index in [-0.39, 0.29) is 18.2 Å². The molecular weight excluding hydrogens is 298 g/mol. The molecule has 0 aliphatic heterocycles. The monoisotopic (exact) mass is 317 g/mol. The normalized spacial score (nSPS) is 11.0. The van der Waals surface area contributed by atoms with E-state index < -0.39 is 5.97 Å². The van der Waals surface area contributed by atoms with Crippen molar-refractivity contribution in [2.24, 2.45) is 0 Å². The Balaban J connectivity index is 2.15. The van der Waals surface area contributed by atoms with Gasteiger partial charge in [-0.15, -0.1) is 0 Å². The van der Waals surface area contributed by atoms with Crippen molar-refractivity contribution in [2.45, 2.75) is 13.5 Å². The van der Waals surface area contributed by atoms with Gasteiger partial charge in [-0.05, 0) is 13.0 Å². The Morgan fingerprint density at radius 1 is 1.30 bits per heavy atom. The van der Waals surface area contributed by atoms with Crippen molar-refractivity contribution in [3.8, 4) is 0 Å². The van der Waals surface area contributed by atoms with Crippen molar-refractivity contribution < 1.29 is 23.5 Å². The number of carbonyl (C=O) groups is 2. The molecule has 6 heteroatoms. The summed E-state index contributed by atoms with van der Waals surface area (Å²) in [5, 5.41) is 3.53. The Bertz CT molecular complexity index is 717. The Kier molecular flexibility index (Phi) is 5.94. The van der Waals surface area contributed by atoms with Crippen LogP contribution in [0.4, 0.5) is 0 Å². The Labute approximate surface area is 134 Å².